The number of nitrogens with zero attached hydrogens (tertiary/aromatic N) is 3. The molecule has 3 N–H and O–H groups in total. The lowest BCUT2D eigenvalue weighted by Gasteiger charge is -1.95. The van der Waals surface area contributed by atoms with E-state index in [1.54, 1.807) is 4.52 Å². The van der Waals surface area contributed by atoms with Crippen molar-refractivity contribution in [2.45, 2.75) is 6.54 Å². The Labute approximate surface area is 102 Å². The molecule has 86 valence electrons. The minimum absolute atomic E-state index is 0.410. The van der Waals surface area contributed by atoms with Gasteiger partial charge in [-0.25, -0.2) is 9.50 Å². The molecule has 0 fully saturated rings. The van der Waals surface area contributed by atoms with Gasteiger partial charge in [-0.3, -0.25) is 5.10 Å². The Morgan fingerprint density at radius 2 is 2.00 bits per heavy atom. The Morgan fingerprint density at radius 1 is 1.24 bits per heavy atom. The third kappa shape index (κ3) is 1.79. The first-order valence-corrected chi connectivity index (χ1v) is 5.54. The summed E-state index contributed by atoms with van der Waals surface area (Å²) in [5, 5.41) is 3.83. The van der Waals surface area contributed by atoms with E-state index in [0.717, 1.165) is 17.1 Å². The lowest BCUT2D eigenvalue weighted by molar-refractivity contribution is 0.958. The molecule has 0 aliphatic heterocycles. The summed E-state index contributed by atoms with van der Waals surface area (Å²) in [6.07, 6.45) is 1.84. The molecule has 0 aliphatic rings. The maximum atomic E-state index is 5.83. The number of aromatic nitrogens is 4. The standard InChI is InChI=1S/C11H10ClN5/c12-8-3-1-7(2-4-8)10-15-11-14-9(5-13)6-17(11)16-10/h1-4,6H,5,13H2,(H,14,15,16). The molecule has 2 heterocycles. The van der Waals surface area contributed by atoms with E-state index in [9.17, 15) is 0 Å². The highest BCUT2D eigenvalue weighted by molar-refractivity contribution is 6.30. The third-order valence-corrected chi connectivity index (χ3v) is 2.75. The molecule has 0 radical (unpaired) electrons. The predicted molar refractivity (Wildman–Crippen MR) is 65.7 cm³/mol. The van der Waals surface area contributed by atoms with Crippen LogP contribution in [0.3, 0.4) is 0 Å². The number of aromatic amines is 1. The number of nitrogens with one attached hydrogen (secondary N) is 1. The van der Waals surface area contributed by atoms with Crippen molar-refractivity contribution in [3.8, 4) is 11.4 Å². The molecule has 2 aromatic heterocycles. The summed E-state index contributed by atoms with van der Waals surface area (Å²) < 4.78 is 1.76. The minimum atomic E-state index is 0.410. The van der Waals surface area contributed by atoms with Crippen LogP contribution in [0.5, 0.6) is 0 Å². The highest BCUT2D eigenvalue weighted by atomic mass is 35.5. The molecule has 0 spiro atoms. The van der Waals surface area contributed by atoms with Gasteiger partial charge < -0.3 is 5.73 Å². The topological polar surface area (TPSA) is 72.0 Å². The van der Waals surface area contributed by atoms with Crippen LogP contribution in [-0.4, -0.2) is 19.6 Å². The van der Waals surface area contributed by atoms with E-state index < -0.39 is 0 Å². The quantitative estimate of drug-likeness (QED) is 0.726. The second-order valence-corrected chi connectivity index (χ2v) is 4.12. The van der Waals surface area contributed by atoms with E-state index in [0.29, 0.717) is 17.3 Å². The number of H-pyrrole nitrogens is 1. The van der Waals surface area contributed by atoms with Gasteiger partial charge in [0.25, 0.3) is 5.78 Å². The number of benzene rings is 1. The summed E-state index contributed by atoms with van der Waals surface area (Å²) in [7, 11) is 0. The average Bonchev–Trinajstić information content (AvgIpc) is 2.87. The van der Waals surface area contributed by atoms with Gasteiger partial charge in [0.2, 0.25) is 0 Å². The Kier molecular flexibility index (Phi) is 2.35. The molecule has 17 heavy (non-hydrogen) atoms. The van der Waals surface area contributed by atoms with E-state index in [-0.39, 0.29) is 0 Å². The van der Waals surface area contributed by atoms with Gasteiger partial charge in [0.05, 0.1) is 11.9 Å². The number of nitrogens with two attached hydrogens (primary N) is 1. The molecule has 0 unspecified atom stereocenters. The fourth-order valence-corrected chi connectivity index (χ4v) is 1.78. The first kappa shape index (κ1) is 10.3. The van der Waals surface area contributed by atoms with E-state index >= 15 is 0 Å². The zero-order chi connectivity index (χ0) is 11.8. The molecular formula is C11H10ClN5. The second kappa shape index (κ2) is 3.87. The van der Waals surface area contributed by atoms with Crippen molar-refractivity contribution in [3.05, 3.63) is 41.2 Å². The number of hydrogen-bond acceptors (Lipinski definition) is 3. The molecule has 1 aromatic carbocycles. The Morgan fingerprint density at radius 3 is 2.65 bits per heavy atom. The molecule has 3 aromatic rings. The molecule has 0 aliphatic carbocycles. The molecular weight excluding hydrogens is 238 g/mol. The maximum absolute atomic E-state index is 5.83. The van der Waals surface area contributed by atoms with Crippen LogP contribution >= 0.6 is 11.6 Å². The van der Waals surface area contributed by atoms with Crippen LogP contribution in [-0.2, 0) is 6.54 Å². The molecule has 0 saturated carbocycles. The van der Waals surface area contributed by atoms with Crippen LogP contribution in [0.4, 0.5) is 0 Å². The van der Waals surface area contributed by atoms with Gasteiger partial charge in [-0.1, -0.05) is 11.6 Å². The summed E-state index contributed by atoms with van der Waals surface area (Å²) in [4.78, 5) is 8.64. The summed E-state index contributed by atoms with van der Waals surface area (Å²) in [6, 6.07) is 7.47. The first-order chi connectivity index (χ1) is 8.26. The fraction of sp³-hybridized carbons (Fsp3) is 0.0909. The monoisotopic (exact) mass is 247 g/mol. The number of imidazole rings is 1. The Bertz CT molecular complexity index is 621. The summed E-state index contributed by atoms with van der Waals surface area (Å²) in [5.41, 5.74) is 7.28. The van der Waals surface area contributed by atoms with Crippen LogP contribution < -0.4 is 5.73 Å². The summed E-state index contributed by atoms with van der Waals surface area (Å²) in [5.74, 6) is 1.38. The lowest BCUT2D eigenvalue weighted by Crippen LogP contribution is -1.96. The van der Waals surface area contributed by atoms with Crippen molar-refractivity contribution < 1.29 is 0 Å². The number of fused-ring (bicyclic) bond motifs is 1. The average molecular weight is 248 g/mol. The van der Waals surface area contributed by atoms with Crippen molar-refractivity contribution >= 4 is 17.4 Å². The van der Waals surface area contributed by atoms with Gasteiger partial charge in [-0.05, 0) is 24.3 Å². The molecule has 0 atom stereocenters. The third-order valence-electron chi connectivity index (χ3n) is 2.50. The van der Waals surface area contributed by atoms with Crippen LogP contribution in [0.25, 0.3) is 17.2 Å². The van der Waals surface area contributed by atoms with Crippen LogP contribution in [0.2, 0.25) is 5.02 Å². The Balaban J connectivity index is 2.06. The van der Waals surface area contributed by atoms with Gasteiger partial charge in [-0.15, -0.1) is 0 Å². The van der Waals surface area contributed by atoms with E-state index in [1.807, 2.05) is 30.5 Å². The van der Waals surface area contributed by atoms with Crippen molar-refractivity contribution in [2.75, 3.05) is 0 Å². The minimum Gasteiger partial charge on any atom is -0.325 e. The smallest absolute Gasteiger partial charge is 0.251 e. The van der Waals surface area contributed by atoms with Crippen molar-refractivity contribution in [1.82, 2.24) is 19.6 Å². The fourth-order valence-electron chi connectivity index (χ4n) is 1.65. The van der Waals surface area contributed by atoms with Gasteiger partial charge in [0.1, 0.15) is 0 Å². The number of hydrogen-bond donors (Lipinski definition) is 2. The molecule has 0 saturated heterocycles. The normalized spacial score (nSPS) is 11.2. The lowest BCUT2D eigenvalue weighted by atomic mass is 10.2. The molecule has 3 rings (SSSR count). The zero-order valence-electron chi connectivity index (χ0n) is 8.89. The van der Waals surface area contributed by atoms with Crippen LogP contribution in [0.1, 0.15) is 5.69 Å². The van der Waals surface area contributed by atoms with Gasteiger partial charge in [0, 0.05) is 17.1 Å². The van der Waals surface area contributed by atoms with Crippen molar-refractivity contribution in [2.24, 2.45) is 5.73 Å². The molecule has 0 amide bonds. The molecule has 0 bridgehead atoms. The van der Waals surface area contributed by atoms with Gasteiger partial charge >= 0.3 is 0 Å². The highest BCUT2D eigenvalue weighted by Crippen LogP contribution is 2.18. The molecule has 6 heteroatoms. The second-order valence-electron chi connectivity index (χ2n) is 3.69. The predicted octanol–water partition coefficient (Wildman–Crippen LogP) is 1.84. The molecule has 5 nitrogen and oxygen atoms in total. The van der Waals surface area contributed by atoms with Crippen molar-refractivity contribution in [1.29, 1.82) is 0 Å². The Hall–Kier alpha value is -1.85. The van der Waals surface area contributed by atoms with E-state index in [1.165, 1.54) is 0 Å². The summed E-state index contributed by atoms with van der Waals surface area (Å²) in [6.45, 7) is 0.410. The number of rotatable bonds is 2. The highest BCUT2D eigenvalue weighted by Gasteiger charge is 2.07. The van der Waals surface area contributed by atoms with Crippen molar-refractivity contribution in [3.63, 3.8) is 0 Å². The largest absolute Gasteiger partial charge is 0.325 e. The van der Waals surface area contributed by atoms with E-state index in [4.69, 9.17) is 17.3 Å². The van der Waals surface area contributed by atoms with E-state index in [2.05, 4.69) is 15.1 Å². The van der Waals surface area contributed by atoms with Crippen LogP contribution in [0, 0.1) is 0 Å². The SMILES string of the molecule is NCc1cn2[nH]c(-c3ccc(Cl)cc3)nc2n1. The van der Waals surface area contributed by atoms with Gasteiger partial charge in [-0.2, -0.15) is 4.98 Å². The zero-order valence-corrected chi connectivity index (χ0v) is 9.65. The summed E-state index contributed by atoms with van der Waals surface area (Å²) >= 11 is 5.83. The first-order valence-electron chi connectivity index (χ1n) is 5.16. The number of halogens is 1. The maximum Gasteiger partial charge on any atom is 0.251 e. The van der Waals surface area contributed by atoms with Gasteiger partial charge in [0.15, 0.2) is 5.82 Å². The van der Waals surface area contributed by atoms with Crippen LogP contribution in [0.15, 0.2) is 30.5 Å².